The highest BCUT2D eigenvalue weighted by molar-refractivity contribution is 7.11. The summed E-state index contributed by atoms with van der Waals surface area (Å²) < 4.78 is 0. The van der Waals surface area contributed by atoms with Gasteiger partial charge in [-0.2, -0.15) is 0 Å². The van der Waals surface area contributed by atoms with Crippen molar-refractivity contribution in [3.8, 4) is 0 Å². The van der Waals surface area contributed by atoms with Gasteiger partial charge in [0.25, 0.3) is 5.91 Å². The number of aryl methyl sites for hydroxylation is 1. The molecule has 0 aliphatic carbocycles. The van der Waals surface area contributed by atoms with Crippen LogP contribution >= 0.6 is 22.9 Å². The van der Waals surface area contributed by atoms with E-state index in [2.05, 4.69) is 10.2 Å². The number of amides is 1. The summed E-state index contributed by atoms with van der Waals surface area (Å²) >= 11 is 7.50. The van der Waals surface area contributed by atoms with Gasteiger partial charge >= 0.3 is 0 Å². The first-order valence-corrected chi connectivity index (χ1v) is 8.18. The molecule has 1 aromatic carbocycles. The summed E-state index contributed by atoms with van der Waals surface area (Å²) in [6.45, 7) is 3.48. The van der Waals surface area contributed by atoms with Gasteiger partial charge in [0.1, 0.15) is 10.0 Å². The van der Waals surface area contributed by atoms with Gasteiger partial charge in [-0.3, -0.25) is 4.79 Å². The fourth-order valence-electron chi connectivity index (χ4n) is 2.62. The van der Waals surface area contributed by atoms with Crippen molar-refractivity contribution in [1.82, 2.24) is 15.1 Å². The van der Waals surface area contributed by atoms with Crippen molar-refractivity contribution in [3.05, 3.63) is 44.9 Å². The molecule has 1 aliphatic rings. The van der Waals surface area contributed by atoms with Gasteiger partial charge in [0, 0.05) is 29.6 Å². The molecule has 1 fully saturated rings. The maximum Gasteiger partial charge on any atom is 0.253 e. The molecule has 1 aromatic heterocycles. The second-order valence-corrected chi connectivity index (χ2v) is 6.91. The molecule has 4 nitrogen and oxygen atoms in total. The van der Waals surface area contributed by atoms with Crippen LogP contribution in [0.4, 0.5) is 0 Å². The maximum absolute atomic E-state index is 12.5. The normalized spacial score (nSPS) is 18.8. The van der Waals surface area contributed by atoms with Gasteiger partial charge in [-0.05, 0) is 44.0 Å². The van der Waals surface area contributed by atoms with E-state index >= 15 is 0 Å². The summed E-state index contributed by atoms with van der Waals surface area (Å²) in [6.07, 6.45) is 2.07. The van der Waals surface area contributed by atoms with E-state index in [1.54, 1.807) is 35.6 Å². The molecule has 110 valence electrons. The van der Waals surface area contributed by atoms with Crippen LogP contribution in [0.15, 0.2) is 24.3 Å². The summed E-state index contributed by atoms with van der Waals surface area (Å²) in [5.74, 6) is 0.374. The average molecular weight is 322 g/mol. The summed E-state index contributed by atoms with van der Waals surface area (Å²) in [5.41, 5.74) is 0.688. The predicted octanol–water partition coefficient (Wildman–Crippen LogP) is 3.52. The van der Waals surface area contributed by atoms with Crippen LogP contribution in [0.2, 0.25) is 5.02 Å². The second kappa shape index (κ2) is 6.12. The molecule has 2 aromatic rings. The van der Waals surface area contributed by atoms with Crippen molar-refractivity contribution < 1.29 is 4.79 Å². The average Bonchev–Trinajstić information content (AvgIpc) is 2.94. The third-order valence-electron chi connectivity index (χ3n) is 3.69. The Morgan fingerprint density at radius 1 is 1.33 bits per heavy atom. The molecular formula is C15H16ClN3OS. The highest BCUT2D eigenvalue weighted by atomic mass is 35.5. The van der Waals surface area contributed by atoms with Gasteiger partial charge in [-0.1, -0.05) is 11.6 Å². The number of halogens is 1. The molecular weight excluding hydrogens is 306 g/mol. The summed E-state index contributed by atoms with van der Waals surface area (Å²) in [5, 5.41) is 11.0. The van der Waals surface area contributed by atoms with Crippen LogP contribution < -0.4 is 0 Å². The lowest BCUT2D eigenvalue weighted by Crippen LogP contribution is -2.39. The summed E-state index contributed by atoms with van der Waals surface area (Å²) in [6, 6.07) is 7.07. The highest BCUT2D eigenvalue weighted by Crippen LogP contribution is 2.29. The zero-order valence-corrected chi connectivity index (χ0v) is 13.3. The van der Waals surface area contributed by atoms with Crippen molar-refractivity contribution in [1.29, 1.82) is 0 Å². The van der Waals surface area contributed by atoms with Crippen LogP contribution in [-0.4, -0.2) is 34.1 Å². The lowest BCUT2D eigenvalue weighted by Gasteiger charge is -2.31. The topological polar surface area (TPSA) is 46.1 Å². The molecule has 0 radical (unpaired) electrons. The number of carbonyl (C=O) groups excluding carboxylic acids is 1. The van der Waals surface area contributed by atoms with Gasteiger partial charge in [0.2, 0.25) is 0 Å². The minimum Gasteiger partial charge on any atom is -0.338 e. The molecule has 1 aliphatic heterocycles. The highest BCUT2D eigenvalue weighted by Gasteiger charge is 2.27. The first-order chi connectivity index (χ1) is 10.1. The molecule has 0 spiro atoms. The molecule has 6 heteroatoms. The zero-order valence-electron chi connectivity index (χ0n) is 11.8. The Bertz CT molecular complexity index is 641. The number of aromatic nitrogens is 2. The number of hydrogen-bond donors (Lipinski definition) is 0. The van der Waals surface area contributed by atoms with Gasteiger partial charge in [-0.15, -0.1) is 21.5 Å². The minimum atomic E-state index is 0.0672. The minimum absolute atomic E-state index is 0.0672. The first-order valence-electron chi connectivity index (χ1n) is 6.98. The number of carbonyl (C=O) groups is 1. The van der Waals surface area contributed by atoms with Gasteiger partial charge in [0.05, 0.1) is 0 Å². The summed E-state index contributed by atoms with van der Waals surface area (Å²) in [4.78, 5) is 14.5. The molecule has 0 N–H and O–H groups in total. The lowest BCUT2D eigenvalue weighted by atomic mass is 9.98. The Balaban J connectivity index is 1.73. The lowest BCUT2D eigenvalue weighted by molar-refractivity contribution is 0.0707. The van der Waals surface area contributed by atoms with Crippen LogP contribution in [-0.2, 0) is 0 Å². The maximum atomic E-state index is 12.5. The number of likely N-dealkylation sites (tertiary alicyclic amines) is 1. The van der Waals surface area contributed by atoms with Gasteiger partial charge in [0.15, 0.2) is 0 Å². The Labute approximate surface area is 132 Å². The molecule has 21 heavy (non-hydrogen) atoms. The largest absolute Gasteiger partial charge is 0.338 e. The van der Waals surface area contributed by atoms with Gasteiger partial charge in [-0.25, -0.2) is 0 Å². The van der Waals surface area contributed by atoms with Crippen LogP contribution in [0, 0.1) is 6.92 Å². The quantitative estimate of drug-likeness (QED) is 0.850. The monoisotopic (exact) mass is 321 g/mol. The molecule has 0 unspecified atom stereocenters. The number of nitrogens with zero attached hydrogens (tertiary/aromatic N) is 3. The van der Waals surface area contributed by atoms with Crippen molar-refractivity contribution in [2.24, 2.45) is 0 Å². The van der Waals surface area contributed by atoms with E-state index in [0.717, 1.165) is 35.9 Å². The molecule has 3 rings (SSSR count). The Kier molecular flexibility index (Phi) is 4.22. The van der Waals surface area contributed by atoms with Crippen LogP contribution in [0.1, 0.15) is 39.1 Å². The molecule has 1 amide bonds. The van der Waals surface area contributed by atoms with E-state index in [9.17, 15) is 4.79 Å². The van der Waals surface area contributed by atoms with E-state index < -0.39 is 0 Å². The molecule has 2 heterocycles. The molecule has 1 saturated heterocycles. The van der Waals surface area contributed by atoms with Crippen molar-refractivity contribution in [2.75, 3.05) is 13.1 Å². The van der Waals surface area contributed by atoms with Gasteiger partial charge < -0.3 is 4.90 Å². The Morgan fingerprint density at radius 2 is 2.10 bits per heavy atom. The Morgan fingerprint density at radius 3 is 2.76 bits per heavy atom. The summed E-state index contributed by atoms with van der Waals surface area (Å²) in [7, 11) is 0. The van der Waals surface area contributed by atoms with E-state index in [4.69, 9.17) is 11.6 Å². The predicted molar refractivity (Wildman–Crippen MR) is 84.0 cm³/mol. The smallest absolute Gasteiger partial charge is 0.253 e. The van der Waals surface area contributed by atoms with E-state index in [0.29, 0.717) is 16.5 Å². The standard InChI is InChI=1S/C15H16ClN3OS/c1-10-17-18-14(21-10)12-3-2-8-19(9-12)15(20)11-4-6-13(16)7-5-11/h4-7,12H,2-3,8-9H2,1H3/t12-/m0/s1. The number of rotatable bonds is 2. The van der Waals surface area contributed by atoms with Crippen LogP contribution in [0.5, 0.6) is 0 Å². The van der Waals surface area contributed by atoms with Crippen LogP contribution in [0.25, 0.3) is 0 Å². The number of benzene rings is 1. The zero-order chi connectivity index (χ0) is 14.8. The molecule has 0 saturated carbocycles. The molecule has 1 atom stereocenters. The second-order valence-electron chi connectivity index (χ2n) is 5.26. The van der Waals surface area contributed by atoms with E-state index in [1.807, 2.05) is 11.8 Å². The fraction of sp³-hybridized carbons (Fsp3) is 0.400. The van der Waals surface area contributed by atoms with E-state index in [1.165, 1.54) is 0 Å². The van der Waals surface area contributed by atoms with Crippen molar-refractivity contribution >= 4 is 28.8 Å². The fourth-order valence-corrected chi connectivity index (χ4v) is 3.57. The number of hydrogen-bond acceptors (Lipinski definition) is 4. The van der Waals surface area contributed by atoms with Crippen molar-refractivity contribution in [2.45, 2.75) is 25.7 Å². The Hall–Kier alpha value is -1.46. The van der Waals surface area contributed by atoms with Crippen molar-refractivity contribution in [3.63, 3.8) is 0 Å². The third kappa shape index (κ3) is 3.24. The third-order valence-corrected chi connectivity index (χ3v) is 4.94. The molecule has 0 bridgehead atoms. The SMILES string of the molecule is Cc1nnc([C@H]2CCCN(C(=O)c3ccc(Cl)cc3)C2)s1. The first kappa shape index (κ1) is 14.5. The van der Waals surface area contributed by atoms with Crippen LogP contribution in [0.3, 0.4) is 0 Å². The van der Waals surface area contributed by atoms with E-state index in [-0.39, 0.29) is 5.91 Å². The number of piperidine rings is 1.